The molecule has 1 fully saturated rings. The molecule has 1 aromatic carbocycles. The molecule has 1 aromatic rings. The molecule has 3 nitrogen and oxygen atoms in total. The van der Waals surface area contributed by atoms with Crippen LogP contribution in [0.25, 0.3) is 0 Å². The molecule has 0 saturated heterocycles. The fourth-order valence-corrected chi connectivity index (χ4v) is 2.21. The van der Waals surface area contributed by atoms with Gasteiger partial charge >= 0.3 is 0 Å². The van der Waals surface area contributed by atoms with E-state index in [2.05, 4.69) is 81.3 Å². The molecule has 2 rings (SSSR count). The summed E-state index contributed by atoms with van der Waals surface area (Å²) in [4.78, 5) is 0. The highest BCUT2D eigenvalue weighted by Crippen LogP contribution is 2.15. The number of hydrogen-bond acceptors (Lipinski definition) is 2. The summed E-state index contributed by atoms with van der Waals surface area (Å²) in [6, 6.07) is 7.63. The SMILES string of the molecule is C.C1CCCCC1.C=[N+](O)c1ccc(CNC(C)(C)C)cc1.CC.CC.CC.CC(C)C.CCC.CCC. The maximum atomic E-state index is 9.08. The van der Waals surface area contributed by atoms with Crippen LogP contribution in [0.3, 0.4) is 0 Å². The lowest BCUT2D eigenvalue weighted by Crippen LogP contribution is -2.35. The molecule has 0 spiro atoms. The number of nitrogens with zero attached hydrogens (tertiary/aromatic N) is 1. The van der Waals surface area contributed by atoms with Gasteiger partial charge < -0.3 is 5.32 Å². The van der Waals surface area contributed by atoms with Gasteiger partial charge in [-0.25, -0.2) is 0 Å². The van der Waals surface area contributed by atoms with Crippen molar-refractivity contribution in [3.8, 4) is 0 Å². The Kier molecular flexibility index (Phi) is 63.5. The van der Waals surface area contributed by atoms with E-state index >= 15 is 0 Å². The van der Waals surface area contributed by atoms with E-state index in [1.54, 1.807) is 0 Å². The van der Waals surface area contributed by atoms with Gasteiger partial charge in [-0.1, -0.05) is 161 Å². The minimum atomic E-state index is 0. The van der Waals surface area contributed by atoms with E-state index in [0.29, 0.717) is 5.69 Å². The predicted molar refractivity (Wildman–Crippen MR) is 183 cm³/mol. The minimum absolute atomic E-state index is 0. The standard InChI is InChI=1S/C12H19N2O.C6H12.C4H10.2C3H8.3C2H6.CH4/c1-12(2,3)13-9-10-5-7-11(8-6-10)14(4)15;1-2-4-6-5-3-1;1-4(2)3;2*1-3-2;3*1-2;/h5-8,13,15H,4,9H2,1-3H3;1-6H2;4H,1-3H3;2*3H2,1-2H3;3*1-2H3;1H4/q+1;;;;;;;;. The summed E-state index contributed by atoms with van der Waals surface area (Å²) < 4.78 is 0.862. The molecule has 0 heterocycles. The molecular formula is C35H79N2O+. The molecule has 1 aliphatic carbocycles. The zero-order valence-electron chi connectivity index (χ0n) is 28.9. The zero-order valence-corrected chi connectivity index (χ0v) is 28.9. The Balaban J connectivity index is -0.0000000698. The van der Waals surface area contributed by atoms with Gasteiger partial charge in [-0.3, -0.25) is 5.21 Å². The zero-order chi connectivity index (χ0) is 30.7. The van der Waals surface area contributed by atoms with E-state index < -0.39 is 0 Å². The maximum Gasteiger partial charge on any atom is 0.256 e. The van der Waals surface area contributed by atoms with Crippen molar-refractivity contribution in [2.45, 2.75) is 182 Å². The summed E-state index contributed by atoms with van der Waals surface area (Å²) in [7, 11) is 0. The van der Waals surface area contributed by atoms with Crippen molar-refractivity contribution in [3.63, 3.8) is 0 Å². The maximum absolute atomic E-state index is 9.08. The molecular weight excluding hydrogens is 464 g/mol. The smallest absolute Gasteiger partial charge is 0.256 e. The molecule has 0 aromatic heterocycles. The van der Waals surface area contributed by atoms with Gasteiger partial charge in [0.15, 0.2) is 6.72 Å². The van der Waals surface area contributed by atoms with Gasteiger partial charge in [0.2, 0.25) is 0 Å². The third-order valence-electron chi connectivity index (χ3n) is 3.56. The number of hydrogen-bond donors (Lipinski definition) is 2. The quantitative estimate of drug-likeness (QED) is 0.172. The lowest BCUT2D eigenvalue weighted by atomic mass is 10.0. The molecule has 3 heteroatoms. The fraction of sp³-hybridized carbons (Fsp3) is 0.800. The lowest BCUT2D eigenvalue weighted by molar-refractivity contribution is -0.706. The first-order valence-corrected chi connectivity index (χ1v) is 15.6. The minimum Gasteiger partial charge on any atom is -0.308 e. The molecule has 38 heavy (non-hydrogen) atoms. The van der Waals surface area contributed by atoms with Crippen LogP contribution in [0.2, 0.25) is 0 Å². The summed E-state index contributed by atoms with van der Waals surface area (Å²) in [5.74, 6) is 0.833. The highest BCUT2D eigenvalue weighted by atomic mass is 16.5. The fourth-order valence-electron chi connectivity index (χ4n) is 2.21. The second kappa shape index (κ2) is 45.6. The van der Waals surface area contributed by atoms with Crippen LogP contribution in [0.4, 0.5) is 5.69 Å². The second-order valence-electron chi connectivity index (χ2n) is 9.94. The highest BCUT2D eigenvalue weighted by molar-refractivity contribution is 5.35. The summed E-state index contributed by atoms with van der Waals surface area (Å²) in [5.41, 5.74) is 2.00. The second-order valence-corrected chi connectivity index (χ2v) is 9.94. The van der Waals surface area contributed by atoms with Crippen LogP contribution in [-0.4, -0.2) is 22.2 Å². The van der Waals surface area contributed by atoms with E-state index in [1.165, 1.54) is 56.9 Å². The molecule has 0 radical (unpaired) electrons. The van der Waals surface area contributed by atoms with Crippen LogP contribution in [0.5, 0.6) is 0 Å². The molecule has 1 aliphatic rings. The first kappa shape index (κ1) is 53.0. The third-order valence-corrected chi connectivity index (χ3v) is 3.56. The molecule has 0 amide bonds. The third kappa shape index (κ3) is 64.6. The van der Waals surface area contributed by atoms with Crippen molar-refractivity contribution in [1.82, 2.24) is 5.32 Å². The molecule has 234 valence electrons. The normalized spacial score (nSPS) is 10.7. The van der Waals surface area contributed by atoms with Gasteiger partial charge in [0.1, 0.15) is 0 Å². The van der Waals surface area contributed by atoms with Crippen LogP contribution in [0.15, 0.2) is 24.3 Å². The Morgan fingerprint density at radius 2 is 0.974 bits per heavy atom. The first-order valence-electron chi connectivity index (χ1n) is 15.6. The topological polar surface area (TPSA) is 35.3 Å². The molecule has 1 saturated carbocycles. The van der Waals surface area contributed by atoms with Crippen LogP contribution in [-0.2, 0) is 6.54 Å². The Labute approximate surface area is 244 Å². The lowest BCUT2D eigenvalue weighted by Gasteiger charge is -2.20. The average molecular weight is 544 g/mol. The van der Waals surface area contributed by atoms with Crippen molar-refractivity contribution >= 4 is 12.4 Å². The van der Waals surface area contributed by atoms with E-state index in [4.69, 9.17) is 5.21 Å². The van der Waals surface area contributed by atoms with Gasteiger partial charge in [-0.15, -0.1) is 0 Å². The summed E-state index contributed by atoms with van der Waals surface area (Å²) in [6.45, 7) is 37.6. The summed E-state index contributed by atoms with van der Waals surface area (Å²) >= 11 is 0. The van der Waals surface area contributed by atoms with E-state index in [-0.39, 0.29) is 13.0 Å². The number of nitrogens with one attached hydrogen (secondary N) is 1. The summed E-state index contributed by atoms with van der Waals surface area (Å²) in [6.07, 6.45) is 11.5. The van der Waals surface area contributed by atoms with Crippen LogP contribution in [0.1, 0.15) is 175 Å². The molecule has 0 unspecified atom stereocenters. The Morgan fingerprint density at radius 1 is 0.737 bits per heavy atom. The Hall–Kier alpha value is -1.35. The molecule has 0 bridgehead atoms. The number of rotatable bonds is 3. The predicted octanol–water partition coefficient (Wildman–Crippen LogP) is 12.9. The van der Waals surface area contributed by atoms with Gasteiger partial charge in [-0.2, -0.15) is 0 Å². The Morgan fingerprint density at radius 3 is 1.16 bits per heavy atom. The largest absolute Gasteiger partial charge is 0.308 e. The van der Waals surface area contributed by atoms with E-state index in [0.717, 1.165) is 17.2 Å². The summed E-state index contributed by atoms with van der Waals surface area (Å²) in [5, 5.41) is 12.5. The molecule has 0 aliphatic heterocycles. The van der Waals surface area contributed by atoms with Gasteiger partial charge in [0.25, 0.3) is 5.69 Å². The highest BCUT2D eigenvalue weighted by Gasteiger charge is 2.09. The average Bonchev–Trinajstić information content (AvgIpc) is 2.88. The van der Waals surface area contributed by atoms with Crippen LogP contribution >= 0.6 is 0 Å². The van der Waals surface area contributed by atoms with Crippen molar-refractivity contribution in [3.05, 3.63) is 29.8 Å². The monoisotopic (exact) mass is 544 g/mol. The van der Waals surface area contributed by atoms with Crippen molar-refractivity contribution in [2.24, 2.45) is 5.92 Å². The van der Waals surface area contributed by atoms with Crippen molar-refractivity contribution < 1.29 is 9.95 Å². The van der Waals surface area contributed by atoms with Crippen molar-refractivity contribution in [2.75, 3.05) is 0 Å². The van der Waals surface area contributed by atoms with Gasteiger partial charge in [0, 0.05) is 29.0 Å². The van der Waals surface area contributed by atoms with E-state index in [1.807, 2.05) is 65.8 Å². The number of benzene rings is 1. The van der Waals surface area contributed by atoms with Gasteiger partial charge in [-0.05, 0) is 32.3 Å². The van der Waals surface area contributed by atoms with Crippen LogP contribution in [0, 0.1) is 5.92 Å². The first-order chi connectivity index (χ1) is 17.4. The Bertz CT molecular complexity index is 467. The van der Waals surface area contributed by atoms with Gasteiger partial charge in [0.05, 0.1) is 0 Å². The van der Waals surface area contributed by atoms with E-state index in [9.17, 15) is 0 Å². The molecule has 0 atom stereocenters. The van der Waals surface area contributed by atoms with Crippen LogP contribution < -0.4 is 5.32 Å². The van der Waals surface area contributed by atoms with Crippen molar-refractivity contribution in [1.29, 1.82) is 0 Å². The molecule has 2 N–H and O–H groups in total.